The van der Waals surface area contributed by atoms with Gasteiger partial charge in [-0.25, -0.2) is 0 Å². The van der Waals surface area contributed by atoms with E-state index in [0.29, 0.717) is 6.73 Å². The lowest BCUT2D eigenvalue weighted by atomic mass is 9.95. The van der Waals surface area contributed by atoms with E-state index < -0.39 is 0 Å². The number of rotatable bonds is 6. The van der Waals surface area contributed by atoms with Gasteiger partial charge in [-0.15, -0.1) is 0 Å². The predicted octanol–water partition coefficient (Wildman–Crippen LogP) is 6.66. The van der Waals surface area contributed by atoms with Gasteiger partial charge < -0.3 is 19.3 Å². The van der Waals surface area contributed by atoms with Gasteiger partial charge in [0.1, 0.15) is 5.75 Å². The van der Waals surface area contributed by atoms with Gasteiger partial charge in [0.25, 0.3) is 0 Å². The van der Waals surface area contributed by atoms with Gasteiger partial charge in [0.2, 0.25) is 0 Å². The lowest BCUT2D eigenvalue weighted by Gasteiger charge is -2.31. The van der Waals surface area contributed by atoms with E-state index in [0.717, 1.165) is 25.3 Å². The third-order valence-corrected chi connectivity index (χ3v) is 7.14. The van der Waals surface area contributed by atoms with Crippen molar-refractivity contribution in [1.29, 1.82) is 0 Å². The number of anilines is 2. The number of nitrogens with zero attached hydrogens (tertiary/aromatic N) is 2. The van der Waals surface area contributed by atoms with Crippen molar-refractivity contribution in [3.05, 3.63) is 101 Å². The van der Waals surface area contributed by atoms with Crippen LogP contribution in [0.3, 0.4) is 0 Å². The van der Waals surface area contributed by atoms with Crippen LogP contribution in [0.15, 0.2) is 84.5 Å². The van der Waals surface area contributed by atoms with E-state index in [2.05, 4.69) is 97.5 Å². The maximum absolute atomic E-state index is 5.97. The summed E-state index contributed by atoms with van der Waals surface area (Å²) in [5.41, 5.74) is 10.1. The van der Waals surface area contributed by atoms with E-state index in [1.54, 1.807) is 7.11 Å². The summed E-state index contributed by atoms with van der Waals surface area (Å²) in [6, 6.07) is 21.8. The van der Waals surface area contributed by atoms with Crippen molar-refractivity contribution in [3.63, 3.8) is 0 Å². The average Bonchev–Trinajstić information content (AvgIpc) is 2.89. The Morgan fingerprint density at radius 3 is 2.54 bits per heavy atom. The minimum atomic E-state index is 0.169. The molecule has 0 bridgehead atoms. The molecule has 1 unspecified atom stereocenters. The van der Waals surface area contributed by atoms with Crippen LogP contribution in [-0.2, 0) is 11.3 Å². The fourth-order valence-corrected chi connectivity index (χ4v) is 5.09. The summed E-state index contributed by atoms with van der Waals surface area (Å²) in [7, 11) is 3.95. The van der Waals surface area contributed by atoms with Gasteiger partial charge >= 0.3 is 0 Å². The molecule has 2 aliphatic rings. The van der Waals surface area contributed by atoms with Gasteiger partial charge in [-0.1, -0.05) is 48.6 Å². The van der Waals surface area contributed by atoms with Crippen LogP contribution < -0.4 is 14.5 Å². The number of benzene rings is 3. The molecule has 4 nitrogen and oxygen atoms in total. The molecule has 0 fully saturated rings. The summed E-state index contributed by atoms with van der Waals surface area (Å²) in [6.45, 7) is 6.70. The molecule has 0 radical (unpaired) electrons. The Balaban J connectivity index is 1.33. The van der Waals surface area contributed by atoms with Crippen molar-refractivity contribution >= 4 is 11.4 Å². The minimum absolute atomic E-state index is 0.169. The average molecular weight is 467 g/mol. The highest BCUT2D eigenvalue weighted by molar-refractivity contribution is 5.75. The standard InChI is InChI=1S/C31H34N2O2/c1-22-17-26(32(3)19-24-9-5-7-11-30(24)34-4)13-15-28(22)29-16-14-27(18-23(29)2)33-20-25-10-6-8-12-31(25)35-21-33/h5-10,12-18,30H,11,19-21H2,1-4H3. The van der Waals surface area contributed by atoms with Crippen LogP contribution in [0.4, 0.5) is 11.4 Å². The second kappa shape index (κ2) is 10.0. The summed E-state index contributed by atoms with van der Waals surface area (Å²) < 4.78 is 11.6. The Bertz CT molecular complexity index is 1280. The molecular formula is C31H34N2O2. The van der Waals surface area contributed by atoms with Crippen LogP contribution in [0.1, 0.15) is 23.1 Å². The largest absolute Gasteiger partial charge is 0.473 e. The van der Waals surface area contributed by atoms with Gasteiger partial charge in [-0.3, -0.25) is 0 Å². The fourth-order valence-electron chi connectivity index (χ4n) is 5.09. The van der Waals surface area contributed by atoms with E-state index in [1.807, 2.05) is 12.1 Å². The molecule has 1 atom stereocenters. The first-order valence-corrected chi connectivity index (χ1v) is 12.3. The van der Waals surface area contributed by atoms with Crippen molar-refractivity contribution in [2.45, 2.75) is 32.9 Å². The highest BCUT2D eigenvalue weighted by Crippen LogP contribution is 2.34. The zero-order chi connectivity index (χ0) is 24.4. The smallest absolute Gasteiger partial charge is 0.161 e. The monoisotopic (exact) mass is 466 g/mol. The number of ether oxygens (including phenoxy) is 2. The number of likely N-dealkylation sites (N-methyl/N-ethyl adjacent to an activating group) is 1. The molecule has 0 amide bonds. The molecule has 0 saturated carbocycles. The number of hydrogen-bond acceptors (Lipinski definition) is 4. The van der Waals surface area contributed by atoms with E-state index in [4.69, 9.17) is 9.47 Å². The molecule has 1 aliphatic heterocycles. The Morgan fingerprint density at radius 2 is 1.77 bits per heavy atom. The van der Waals surface area contributed by atoms with Gasteiger partial charge in [0.15, 0.2) is 6.73 Å². The SMILES string of the molecule is COC1CC=CC=C1CN(C)c1ccc(-c2ccc(N3COc4ccccc4C3)cc2C)c(C)c1. The molecule has 0 spiro atoms. The first-order valence-electron chi connectivity index (χ1n) is 12.3. The lowest BCUT2D eigenvalue weighted by molar-refractivity contribution is 0.132. The zero-order valence-corrected chi connectivity index (χ0v) is 21.1. The molecule has 1 heterocycles. The third kappa shape index (κ3) is 4.85. The number of methoxy groups -OCH3 is 1. The summed E-state index contributed by atoms with van der Waals surface area (Å²) >= 11 is 0. The van der Waals surface area contributed by atoms with Crippen molar-refractivity contribution in [2.24, 2.45) is 0 Å². The maximum Gasteiger partial charge on any atom is 0.161 e. The van der Waals surface area contributed by atoms with Crippen molar-refractivity contribution in [2.75, 3.05) is 37.2 Å². The molecule has 1 aliphatic carbocycles. The van der Waals surface area contributed by atoms with Crippen molar-refractivity contribution in [3.8, 4) is 16.9 Å². The van der Waals surface area contributed by atoms with E-state index in [1.165, 1.54) is 44.8 Å². The Kier molecular flexibility index (Phi) is 6.65. The van der Waals surface area contributed by atoms with Gasteiger partial charge in [0, 0.05) is 44.2 Å². The first-order chi connectivity index (χ1) is 17.0. The quantitative estimate of drug-likeness (QED) is 0.405. The maximum atomic E-state index is 5.97. The van der Waals surface area contributed by atoms with Crippen LogP contribution in [0.25, 0.3) is 11.1 Å². The Hall–Kier alpha value is -3.50. The van der Waals surface area contributed by atoms with Crippen molar-refractivity contribution in [1.82, 2.24) is 0 Å². The summed E-state index contributed by atoms with van der Waals surface area (Å²) in [5.74, 6) is 0.992. The van der Waals surface area contributed by atoms with Crippen LogP contribution in [0, 0.1) is 13.8 Å². The second-order valence-corrected chi connectivity index (χ2v) is 9.56. The van der Waals surface area contributed by atoms with E-state index >= 15 is 0 Å². The Morgan fingerprint density at radius 1 is 1.00 bits per heavy atom. The molecule has 0 saturated heterocycles. The van der Waals surface area contributed by atoms with Crippen molar-refractivity contribution < 1.29 is 9.47 Å². The van der Waals surface area contributed by atoms with Gasteiger partial charge in [0.05, 0.1) is 6.10 Å². The third-order valence-electron chi connectivity index (χ3n) is 7.14. The molecule has 0 N–H and O–H groups in total. The molecule has 5 rings (SSSR count). The van der Waals surface area contributed by atoms with Gasteiger partial charge in [-0.2, -0.15) is 0 Å². The molecule has 180 valence electrons. The number of aryl methyl sites for hydroxylation is 2. The lowest BCUT2D eigenvalue weighted by Crippen LogP contribution is -2.31. The molecule has 35 heavy (non-hydrogen) atoms. The van der Waals surface area contributed by atoms with Crippen LogP contribution in [-0.4, -0.2) is 33.5 Å². The molecule has 4 heteroatoms. The topological polar surface area (TPSA) is 24.9 Å². The second-order valence-electron chi connectivity index (χ2n) is 9.56. The van der Waals surface area contributed by atoms with Crippen LogP contribution >= 0.6 is 0 Å². The van der Waals surface area contributed by atoms with E-state index in [-0.39, 0.29) is 6.10 Å². The summed E-state index contributed by atoms with van der Waals surface area (Å²) in [6.07, 6.45) is 7.60. The normalized spacial score (nSPS) is 17.0. The summed E-state index contributed by atoms with van der Waals surface area (Å²) in [4.78, 5) is 4.59. The number of para-hydroxylation sites is 1. The first kappa shape index (κ1) is 23.3. The highest BCUT2D eigenvalue weighted by Gasteiger charge is 2.19. The number of fused-ring (bicyclic) bond motifs is 1. The minimum Gasteiger partial charge on any atom is -0.473 e. The predicted molar refractivity (Wildman–Crippen MR) is 145 cm³/mol. The number of hydrogen-bond donors (Lipinski definition) is 0. The Labute approximate surface area is 209 Å². The summed E-state index contributed by atoms with van der Waals surface area (Å²) in [5, 5.41) is 0. The highest BCUT2D eigenvalue weighted by atomic mass is 16.5. The van der Waals surface area contributed by atoms with Crippen LogP contribution in [0.2, 0.25) is 0 Å². The molecule has 3 aromatic rings. The molecule has 3 aromatic carbocycles. The molecule has 0 aromatic heterocycles. The van der Waals surface area contributed by atoms with Crippen LogP contribution in [0.5, 0.6) is 5.75 Å². The van der Waals surface area contributed by atoms with Gasteiger partial charge in [-0.05, 0) is 78.4 Å². The zero-order valence-electron chi connectivity index (χ0n) is 21.1. The fraction of sp³-hybridized carbons (Fsp3) is 0.290. The van der Waals surface area contributed by atoms with E-state index in [9.17, 15) is 0 Å². The number of allylic oxidation sites excluding steroid dienone is 2. The molecular weight excluding hydrogens is 432 g/mol.